The summed E-state index contributed by atoms with van der Waals surface area (Å²) in [5.74, 6) is 0. The van der Waals surface area contributed by atoms with Crippen LogP contribution in [-0.4, -0.2) is 5.48 Å². The standard InChI is InChI=1S/C2H3N.H3N.H2O/c1-2-3;;/h1H3;1H3;1H2/p-1. The summed E-state index contributed by atoms with van der Waals surface area (Å²) in [7, 11) is 0. The Morgan fingerprint density at radius 1 is 1.60 bits per heavy atom. The molecule has 0 radical (unpaired) electrons. The van der Waals surface area contributed by atoms with E-state index in [1.54, 1.807) is 6.07 Å². The summed E-state index contributed by atoms with van der Waals surface area (Å²) in [4.78, 5) is 0. The lowest BCUT2D eigenvalue weighted by atomic mass is 11.0. The van der Waals surface area contributed by atoms with Crippen LogP contribution in [-0.2, 0) is 0 Å². The molecule has 4 N–H and O–H groups in total. The summed E-state index contributed by atoms with van der Waals surface area (Å²) in [5, 5.41) is 7.32. The molecule has 0 spiro atoms. The molecule has 0 heterocycles. The number of nitrogens with zero attached hydrogens (tertiary/aromatic N) is 1. The SMILES string of the molecule is CC#N.N.[OH-]. The van der Waals surface area contributed by atoms with Gasteiger partial charge in [0, 0.05) is 6.92 Å². The van der Waals surface area contributed by atoms with Crippen LogP contribution in [0.5, 0.6) is 0 Å². The minimum Gasteiger partial charge on any atom is -0.870 e. The summed E-state index contributed by atoms with van der Waals surface area (Å²) < 4.78 is 0. The quantitative estimate of drug-likeness (QED) is 0.455. The van der Waals surface area contributed by atoms with Crippen molar-refractivity contribution in [1.29, 1.82) is 5.26 Å². The van der Waals surface area contributed by atoms with Crippen LogP contribution in [0.3, 0.4) is 0 Å². The van der Waals surface area contributed by atoms with Gasteiger partial charge in [-0.2, -0.15) is 5.26 Å². The largest absolute Gasteiger partial charge is 0.870 e. The van der Waals surface area contributed by atoms with E-state index in [1.807, 2.05) is 0 Å². The second-order valence-electron chi connectivity index (χ2n) is 0.224. The van der Waals surface area contributed by atoms with Gasteiger partial charge in [-0.3, -0.25) is 0 Å². The minimum absolute atomic E-state index is 0. The van der Waals surface area contributed by atoms with Crippen LogP contribution in [0.25, 0.3) is 0 Å². The highest BCUT2D eigenvalue weighted by atomic mass is 16.0. The van der Waals surface area contributed by atoms with Gasteiger partial charge in [0.15, 0.2) is 0 Å². The molecule has 32 valence electrons. The van der Waals surface area contributed by atoms with E-state index in [9.17, 15) is 0 Å². The van der Waals surface area contributed by atoms with Gasteiger partial charge in [0.2, 0.25) is 0 Å². The number of nitriles is 1. The Morgan fingerprint density at radius 3 is 1.60 bits per heavy atom. The van der Waals surface area contributed by atoms with Gasteiger partial charge >= 0.3 is 0 Å². The van der Waals surface area contributed by atoms with Crippen molar-refractivity contribution in [2.45, 2.75) is 6.92 Å². The first kappa shape index (κ1) is 25.8. The number of hydrogen-bond acceptors (Lipinski definition) is 3. The van der Waals surface area contributed by atoms with Gasteiger partial charge in [0.25, 0.3) is 0 Å². The minimum atomic E-state index is 0. The molecular formula is C2H7N2O-. The van der Waals surface area contributed by atoms with Gasteiger partial charge in [-0.25, -0.2) is 0 Å². The Kier molecular flexibility index (Phi) is 608. The van der Waals surface area contributed by atoms with E-state index < -0.39 is 0 Å². The van der Waals surface area contributed by atoms with Crippen molar-refractivity contribution in [2.24, 2.45) is 0 Å². The first-order chi connectivity index (χ1) is 1.41. The summed E-state index contributed by atoms with van der Waals surface area (Å²) >= 11 is 0. The first-order valence-corrected chi connectivity index (χ1v) is 0.724. The highest BCUT2D eigenvalue weighted by molar-refractivity contribution is 4.51. The third-order valence-electron chi connectivity index (χ3n) is 0. The maximum atomic E-state index is 7.32. The van der Waals surface area contributed by atoms with E-state index in [0.717, 1.165) is 0 Å². The van der Waals surface area contributed by atoms with Crippen LogP contribution in [0.4, 0.5) is 0 Å². The zero-order valence-corrected chi connectivity index (χ0v) is 3.10. The highest BCUT2D eigenvalue weighted by Gasteiger charge is 1.17. The van der Waals surface area contributed by atoms with Crippen molar-refractivity contribution in [3.05, 3.63) is 0 Å². The van der Waals surface area contributed by atoms with Crippen LogP contribution in [0.2, 0.25) is 0 Å². The summed E-state index contributed by atoms with van der Waals surface area (Å²) in [5.41, 5.74) is 0. The van der Waals surface area contributed by atoms with Crippen molar-refractivity contribution >= 4 is 0 Å². The van der Waals surface area contributed by atoms with Crippen LogP contribution < -0.4 is 6.15 Å². The van der Waals surface area contributed by atoms with E-state index in [2.05, 4.69) is 0 Å². The Morgan fingerprint density at radius 2 is 1.60 bits per heavy atom. The predicted octanol–water partition coefficient (Wildman–Crippen LogP) is 0.515. The van der Waals surface area contributed by atoms with Crippen LogP contribution >= 0.6 is 0 Å². The van der Waals surface area contributed by atoms with E-state index in [1.165, 1.54) is 6.92 Å². The average molecular weight is 75.1 g/mol. The Bertz CT molecular complexity index is 29.1. The smallest absolute Gasteiger partial charge is 0.0587 e. The molecule has 0 aromatic rings. The number of rotatable bonds is 0. The van der Waals surface area contributed by atoms with Gasteiger partial charge in [0.1, 0.15) is 0 Å². The molecule has 0 rings (SSSR count). The molecule has 0 atom stereocenters. The van der Waals surface area contributed by atoms with Gasteiger partial charge in [0.05, 0.1) is 6.07 Å². The van der Waals surface area contributed by atoms with E-state index in [0.29, 0.717) is 0 Å². The molecule has 0 aromatic carbocycles. The van der Waals surface area contributed by atoms with Crippen molar-refractivity contribution < 1.29 is 5.48 Å². The van der Waals surface area contributed by atoms with Crippen LogP contribution in [0, 0.1) is 11.3 Å². The second kappa shape index (κ2) is 118. The van der Waals surface area contributed by atoms with Gasteiger partial charge in [-0.15, -0.1) is 0 Å². The van der Waals surface area contributed by atoms with E-state index >= 15 is 0 Å². The fourth-order valence-corrected chi connectivity index (χ4v) is 0. The Hall–Kier alpha value is -0.590. The molecule has 3 heteroatoms. The Labute approximate surface area is 31.1 Å². The lowest BCUT2D eigenvalue weighted by Gasteiger charge is -1.15. The highest BCUT2D eigenvalue weighted by Crippen LogP contribution is 1.21. The molecule has 0 unspecified atom stereocenters. The maximum absolute atomic E-state index is 7.32. The monoisotopic (exact) mass is 75.1 g/mol. The zero-order chi connectivity index (χ0) is 2.71. The summed E-state index contributed by atoms with van der Waals surface area (Å²) in [6.45, 7) is 1.43. The topological polar surface area (TPSA) is 88.8 Å². The molecule has 0 aliphatic carbocycles. The molecule has 0 aliphatic heterocycles. The summed E-state index contributed by atoms with van der Waals surface area (Å²) in [6, 6.07) is 1.75. The molecule has 0 aliphatic rings. The molecule has 0 aromatic heterocycles. The van der Waals surface area contributed by atoms with Crippen molar-refractivity contribution in [2.75, 3.05) is 0 Å². The molecule has 0 bridgehead atoms. The van der Waals surface area contributed by atoms with Crippen LogP contribution in [0.15, 0.2) is 0 Å². The van der Waals surface area contributed by atoms with E-state index in [4.69, 9.17) is 5.26 Å². The van der Waals surface area contributed by atoms with Gasteiger partial charge in [-0.1, -0.05) is 0 Å². The third-order valence-corrected chi connectivity index (χ3v) is 0. The fraction of sp³-hybridized carbons (Fsp3) is 0.500. The molecular weight excluding hydrogens is 68.0 g/mol. The lowest BCUT2D eigenvalue weighted by molar-refractivity contribution is 0.824. The van der Waals surface area contributed by atoms with Crippen molar-refractivity contribution in [3.63, 3.8) is 0 Å². The van der Waals surface area contributed by atoms with Crippen molar-refractivity contribution in [3.8, 4) is 6.07 Å². The first-order valence-electron chi connectivity index (χ1n) is 0.724. The normalized spacial score (nSPS) is 1.60. The third kappa shape index (κ3) is 19.5. The molecule has 0 saturated heterocycles. The van der Waals surface area contributed by atoms with Crippen molar-refractivity contribution in [1.82, 2.24) is 6.15 Å². The maximum Gasteiger partial charge on any atom is 0.0587 e. The molecule has 3 nitrogen and oxygen atoms in total. The lowest BCUT2D eigenvalue weighted by Crippen LogP contribution is -1.10. The summed E-state index contributed by atoms with van der Waals surface area (Å²) in [6.07, 6.45) is 0. The second-order valence-corrected chi connectivity index (χ2v) is 0.224. The average Bonchev–Trinajstić information content (AvgIpc) is 0.918. The number of hydrogen-bond donors (Lipinski definition) is 1. The van der Waals surface area contributed by atoms with Crippen LogP contribution in [0.1, 0.15) is 6.92 Å². The van der Waals surface area contributed by atoms with Gasteiger partial charge in [-0.05, 0) is 0 Å². The van der Waals surface area contributed by atoms with Gasteiger partial charge < -0.3 is 11.6 Å². The fourth-order valence-electron chi connectivity index (χ4n) is 0. The molecule has 0 saturated carbocycles. The van der Waals surface area contributed by atoms with E-state index in [-0.39, 0.29) is 11.6 Å². The molecule has 0 fully saturated rings. The predicted molar refractivity (Wildman–Crippen MR) is 18.2 cm³/mol. The molecule has 5 heavy (non-hydrogen) atoms. The molecule has 0 amide bonds. The zero-order valence-electron chi connectivity index (χ0n) is 3.10. The Balaban J connectivity index is -0.0000000200.